The van der Waals surface area contributed by atoms with E-state index in [9.17, 15) is 4.79 Å². The average molecular weight is 435 g/mol. The summed E-state index contributed by atoms with van der Waals surface area (Å²) in [5.74, 6) is 2.76. The second-order valence-electron chi connectivity index (χ2n) is 8.41. The van der Waals surface area contributed by atoms with Crippen molar-refractivity contribution in [2.75, 3.05) is 25.5 Å². The number of likely N-dealkylation sites (tertiary alicyclic amines) is 1. The zero-order valence-corrected chi connectivity index (χ0v) is 19.3. The van der Waals surface area contributed by atoms with Crippen LogP contribution in [0, 0.1) is 13.8 Å². The normalized spacial score (nSPS) is 16.8. The van der Waals surface area contributed by atoms with Gasteiger partial charge >= 0.3 is 0 Å². The van der Waals surface area contributed by atoms with Crippen LogP contribution in [0.5, 0.6) is 11.5 Å². The molecule has 1 aliphatic heterocycles. The molecule has 0 unspecified atom stereocenters. The molecule has 32 heavy (non-hydrogen) atoms. The molecule has 7 nitrogen and oxygen atoms in total. The van der Waals surface area contributed by atoms with Gasteiger partial charge in [-0.05, 0) is 32.4 Å². The molecule has 2 aromatic carbocycles. The number of anilines is 1. The molecule has 7 heteroatoms. The van der Waals surface area contributed by atoms with Crippen molar-refractivity contribution in [3.8, 4) is 11.5 Å². The predicted molar refractivity (Wildman–Crippen MR) is 125 cm³/mol. The molecule has 0 bridgehead atoms. The van der Waals surface area contributed by atoms with Crippen LogP contribution < -0.4 is 14.8 Å². The Bertz CT molecular complexity index is 1150. The van der Waals surface area contributed by atoms with Gasteiger partial charge in [-0.3, -0.25) is 4.79 Å². The lowest BCUT2D eigenvalue weighted by Gasteiger charge is -2.20. The van der Waals surface area contributed by atoms with Gasteiger partial charge in [0.2, 0.25) is 5.91 Å². The first kappa shape index (κ1) is 21.9. The Balaban J connectivity index is 1.67. The average Bonchev–Trinajstić information content (AvgIpc) is 3.22. The van der Waals surface area contributed by atoms with Gasteiger partial charge in [-0.25, -0.2) is 9.97 Å². The summed E-state index contributed by atoms with van der Waals surface area (Å²) in [6, 6.07) is 12.3. The SMILES string of the molecule is COc1cc2nc(C)nc(N[C@@H](C)c3cccc(C)c3)c2cc1O[C@H]1CCN(C(C)=O)C1. The smallest absolute Gasteiger partial charge is 0.219 e. The van der Waals surface area contributed by atoms with E-state index in [1.165, 1.54) is 11.1 Å². The number of fused-ring (bicyclic) bond motifs is 1. The van der Waals surface area contributed by atoms with Gasteiger partial charge in [0.25, 0.3) is 0 Å². The highest BCUT2D eigenvalue weighted by molar-refractivity contribution is 5.92. The summed E-state index contributed by atoms with van der Waals surface area (Å²) < 4.78 is 11.9. The van der Waals surface area contributed by atoms with E-state index in [4.69, 9.17) is 9.47 Å². The number of nitrogens with zero attached hydrogens (tertiary/aromatic N) is 3. The third kappa shape index (κ3) is 4.61. The molecule has 0 spiro atoms. The highest BCUT2D eigenvalue weighted by atomic mass is 16.5. The van der Waals surface area contributed by atoms with Crippen molar-refractivity contribution < 1.29 is 14.3 Å². The van der Waals surface area contributed by atoms with Crippen molar-refractivity contribution in [1.29, 1.82) is 0 Å². The maximum atomic E-state index is 11.7. The molecule has 1 saturated heterocycles. The molecular formula is C25H30N4O3. The topological polar surface area (TPSA) is 76.6 Å². The first-order valence-corrected chi connectivity index (χ1v) is 11.0. The number of benzene rings is 2. The number of hydrogen-bond acceptors (Lipinski definition) is 6. The van der Waals surface area contributed by atoms with Crippen molar-refractivity contribution in [1.82, 2.24) is 14.9 Å². The zero-order chi connectivity index (χ0) is 22.8. The van der Waals surface area contributed by atoms with E-state index in [1.807, 2.05) is 19.1 Å². The summed E-state index contributed by atoms with van der Waals surface area (Å²) in [5, 5.41) is 4.42. The largest absolute Gasteiger partial charge is 0.493 e. The minimum absolute atomic E-state index is 0.0674. The molecule has 2 atom stereocenters. The van der Waals surface area contributed by atoms with Gasteiger partial charge in [-0.2, -0.15) is 0 Å². The third-order valence-corrected chi connectivity index (χ3v) is 5.87. The molecule has 168 valence electrons. The number of amides is 1. The second kappa shape index (κ2) is 9.02. The number of carbonyl (C=O) groups is 1. The maximum absolute atomic E-state index is 11.7. The summed E-state index contributed by atoms with van der Waals surface area (Å²) in [5.41, 5.74) is 3.20. The molecule has 1 aromatic heterocycles. The first-order valence-electron chi connectivity index (χ1n) is 11.0. The van der Waals surface area contributed by atoms with Gasteiger partial charge in [0.15, 0.2) is 11.5 Å². The van der Waals surface area contributed by atoms with Crippen LogP contribution in [-0.2, 0) is 4.79 Å². The lowest BCUT2D eigenvalue weighted by molar-refractivity contribution is -0.128. The Hall–Kier alpha value is -3.35. The van der Waals surface area contributed by atoms with Gasteiger partial charge in [-0.1, -0.05) is 29.8 Å². The number of aryl methyl sites for hydroxylation is 2. The Kier molecular flexibility index (Phi) is 6.17. The van der Waals surface area contributed by atoms with E-state index in [1.54, 1.807) is 18.9 Å². The minimum Gasteiger partial charge on any atom is -0.493 e. The zero-order valence-electron chi connectivity index (χ0n) is 19.3. The highest BCUT2D eigenvalue weighted by Gasteiger charge is 2.27. The van der Waals surface area contributed by atoms with E-state index < -0.39 is 0 Å². The predicted octanol–water partition coefficient (Wildman–Crippen LogP) is 4.43. The molecule has 1 fully saturated rings. The minimum atomic E-state index is -0.0701. The fourth-order valence-corrected chi connectivity index (χ4v) is 4.13. The van der Waals surface area contributed by atoms with E-state index in [-0.39, 0.29) is 18.1 Å². The first-order chi connectivity index (χ1) is 15.3. The van der Waals surface area contributed by atoms with Crippen molar-refractivity contribution in [2.45, 2.75) is 46.3 Å². The number of rotatable bonds is 6. The molecule has 1 amide bonds. The van der Waals surface area contributed by atoms with Crippen molar-refractivity contribution >= 4 is 22.6 Å². The Morgan fingerprint density at radius 1 is 1.19 bits per heavy atom. The molecule has 4 rings (SSSR count). The number of nitrogens with one attached hydrogen (secondary N) is 1. The Morgan fingerprint density at radius 2 is 2.00 bits per heavy atom. The van der Waals surface area contributed by atoms with Crippen LogP contribution in [0.1, 0.15) is 43.3 Å². The van der Waals surface area contributed by atoms with Crippen LogP contribution in [0.25, 0.3) is 10.9 Å². The van der Waals surface area contributed by atoms with Crippen LogP contribution >= 0.6 is 0 Å². The van der Waals surface area contributed by atoms with Crippen molar-refractivity contribution in [3.63, 3.8) is 0 Å². The van der Waals surface area contributed by atoms with Crippen LogP contribution in [0.15, 0.2) is 36.4 Å². The van der Waals surface area contributed by atoms with E-state index in [0.29, 0.717) is 30.4 Å². The molecule has 1 aliphatic rings. The molecular weight excluding hydrogens is 404 g/mol. The van der Waals surface area contributed by atoms with Gasteiger partial charge in [-0.15, -0.1) is 0 Å². The lowest BCUT2D eigenvalue weighted by Crippen LogP contribution is -2.28. The van der Waals surface area contributed by atoms with Gasteiger partial charge in [0.1, 0.15) is 17.7 Å². The summed E-state index contributed by atoms with van der Waals surface area (Å²) in [6.07, 6.45) is 0.722. The van der Waals surface area contributed by atoms with E-state index in [2.05, 4.69) is 53.4 Å². The van der Waals surface area contributed by atoms with Crippen molar-refractivity contribution in [2.24, 2.45) is 0 Å². The second-order valence-corrected chi connectivity index (χ2v) is 8.41. The highest BCUT2D eigenvalue weighted by Crippen LogP contribution is 2.36. The number of hydrogen-bond donors (Lipinski definition) is 1. The van der Waals surface area contributed by atoms with E-state index in [0.717, 1.165) is 23.1 Å². The number of methoxy groups -OCH3 is 1. The molecule has 1 N–H and O–H groups in total. The number of aromatic nitrogens is 2. The molecule has 0 radical (unpaired) electrons. The van der Waals surface area contributed by atoms with Gasteiger partial charge in [0, 0.05) is 37.4 Å². The molecule has 3 aromatic rings. The monoisotopic (exact) mass is 434 g/mol. The number of carbonyl (C=O) groups excluding carboxylic acids is 1. The Morgan fingerprint density at radius 3 is 2.69 bits per heavy atom. The summed E-state index contributed by atoms with van der Waals surface area (Å²) >= 11 is 0. The summed E-state index contributed by atoms with van der Waals surface area (Å²) in [4.78, 5) is 22.8. The van der Waals surface area contributed by atoms with Crippen LogP contribution in [0.4, 0.5) is 5.82 Å². The third-order valence-electron chi connectivity index (χ3n) is 5.87. The molecule has 0 saturated carbocycles. The fourth-order valence-electron chi connectivity index (χ4n) is 4.13. The van der Waals surface area contributed by atoms with Crippen LogP contribution in [0.3, 0.4) is 0 Å². The Labute approximate surface area is 188 Å². The van der Waals surface area contributed by atoms with Crippen LogP contribution in [-0.4, -0.2) is 47.1 Å². The fraction of sp³-hybridized carbons (Fsp3) is 0.400. The van der Waals surface area contributed by atoms with E-state index >= 15 is 0 Å². The summed E-state index contributed by atoms with van der Waals surface area (Å²) in [7, 11) is 1.62. The van der Waals surface area contributed by atoms with Crippen molar-refractivity contribution in [3.05, 3.63) is 53.3 Å². The lowest BCUT2D eigenvalue weighted by atomic mass is 10.1. The quantitative estimate of drug-likeness (QED) is 0.619. The molecule has 2 heterocycles. The standard InChI is InChI=1S/C25H30N4O3/c1-15-7-6-8-19(11-15)16(2)26-25-21-12-24(32-20-9-10-29(14-20)18(4)30)23(31-5)13-22(21)27-17(3)28-25/h6-8,11-13,16,20H,9-10,14H2,1-5H3,(H,26,27,28)/t16-,20-/m0/s1. The van der Waals surface area contributed by atoms with Crippen LogP contribution in [0.2, 0.25) is 0 Å². The van der Waals surface area contributed by atoms with Gasteiger partial charge in [0.05, 0.1) is 19.2 Å². The maximum Gasteiger partial charge on any atom is 0.219 e. The number of ether oxygens (including phenoxy) is 2. The molecule has 0 aliphatic carbocycles. The summed E-state index contributed by atoms with van der Waals surface area (Å²) in [6.45, 7) is 8.97. The van der Waals surface area contributed by atoms with Gasteiger partial charge < -0.3 is 19.7 Å².